The van der Waals surface area contributed by atoms with Crippen molar-refractivity contribution in [2.75, 3.05) is 11.9 Å². The maximum absolute atomic E-state index is 12.9. The largest absolute Gasteiger partial charge is 0.456 e. The average molecular weight is 454 g/mol. The summed E-state index contributed by atoms with van der Waals surface area (Å²) in [7, 11) is 0. The summed E-state index contributed by atoms with van der Waals surface area (Å²) in [5.74, 6) is -0.921. The highest BCUT2D eigenvalue weighted by atomic mass is 32.1. The smallest absolute Gasteiger partial charge is 0.308 e. The number of aryl methyl sites for hydroxylation is 6. The number of esters is 1. The Bertz CT molecular complexity index is 1240. The van der Waals surface area contributed by atoms with Gasteiger partial charge in [0.1, 0.15) is 4.83 Å². The highest BCUT2D eigenvalue weighted by molar-refractivity contribution is 7.18. The average Bonchev–Trinajstić information content (AvgIpc) is 3.13. The Morgan fingerprint density at radius 3 is 2.62 bits per heavy atom. The third-order valence-corrected chi connectivity index (χ3v) is 7.00. The summed E-state index contributed by atoms with van der Waals surface area (Å²) in [6.45, 7) is 5.65. The minimum atomic E-state index is -0.531. The van der Waals surface area contributed by atoms with Gasteiger partial charge in [0.2, 0.25) is 0 Å². The first-order valence-electron chi connectivity index (χ1n) is 10.9. The van der Waals surface area contributed by atoms with Crippen LogP contribution in [0.1, 0.15) is 46.4 Å². The van der Waals surface area contributed by atoms with E-state index in [9.17, 15) is 14.4 Å². The maximum atomic E-state index is 12.9. The number of rotatable bonds is 6. The van der Waals surface area contributed by atoms with Gasteiger partial charge in [-0.05, 0) is 63.1 Å². The van der Waals surface area contributed by atoms with Crippen LogP contribution >= 0.6 is 11.3 Å². The fourth-order valence-electron chi connectivity index (χ4n) is 4.32. The molecule has 4 rings (SSSR count). The first-order chi connectivity index (χ1) is 15.3. The molecule has 0 fully saturated rings. The Labute approximate surface area is 190 Å². The molecule has 2 aromatic heterocycles. The molecule has 0 saturated heterocycles. The van der Waals surface area contributed by atoms with E-state index in [1.165, 1.54) is 15.8 Å². The number of fused-ring (bicyclic) bond motifs is 3. The molecule has 1 amide bonds. The van der Waals surface area contributed by atoms with Crippen molar-refractivity contribution in [2.45, 2.75) is 59.4 Å². The molecule has 2 heterocycles. The molecule has 0 atom stereocenters. The number of carbonyl (C=O) groups is 2. The number of ether oxygens (including phenoxy) is 1. The molecular formula is C24H27N3O4S. The maximum Gasteiger partial charge on any atom is 0.308 e. The highest BCUT2D eigenvalue weighted by Gasteiger charge is 2.20. The Morgan fingerprint density at radius 1 is 1.16 bits per heavy atom. The molecule has 0 saturated carbocycles. The van der Waals surface area contributed by atoms with E-state index in [0.29, 0.717) is 5.39 Å². The third kappa shape index (κ3) is 4.60. The van der Waals surface area contributed by atoms with Gasteiger partial charge in [0.25, 0.3) is 11.5 Å². The van der Waals surface area contributed by atoms with Crippen LogP contribution in [0.5, 0.6) is 0 Å². The van der Waals surface area contributed by atoms with Crippen LogP contribution in [-0.2, 0) is 33.7 Å². The molecule has 1 N–H and O–H groups in total. The first kappa shape index (κ1) is 22.2. The van der Waals surface area contributed by atoms with Gasteiger partial charge in [0.05, 0.1) is 18.1 Å². The number of anilines is 1. The second-order valence-electron chi connectivity index (χ2n) is 8.37. The van der Waals surface area contributed by atoms with Crippen molar-refractivity contribution in [2.24, 2.45) is 0 Å². The van der Waals surface area contributed by atoms with Gasteiger partial charge in [-0.1, -0.05) is 17.7 Å². The minimum absolute atomic E-state index is 0.00467. The number of hydrogen-bond acceptors (Lipinski definition) is 6. The molecule has 0 unspecified atom stereocenters. The number of benzene rings is 1. The van der Waals surface area contributed by atoms with Crippen LogP contribution in [0.15, 0.2) is 23.3 Å². The van der Waals surface area contributed by atoms with Crippen LogP contribution in [0.25, 0.3) is 10.2 Å². The van der Waals surface area contributed by atoms with Crippen molar-refractivity contribution in [3.05, 3.63) is 55.9 Å². The summed E-state index contributed by atoms with van der Waals surface area (Å²) in [5.41, 5.74) is 4.80. The van der Waals surface area contributed by atoms with Gasteiger partial charge in [0, 0.05) is 17.1 Å². The van der Waals surface area contributed by atoms with E-state index < -0.39 is 11.9 Å². The quantitative estimate of drug-likeness (QED) is 0.573. The molecule has 1 aromatic carbocycles. The number of nitrogens with one attached hydrogen (secondary N) is 1. The van der Waals surface area contributed by atoms with Crippen molar-refractivity contribution < 1.29 is 14.3 Å². The van der Waals surface area contributed by atoms with Crippen molar-refractivity contribution in [3.8, 4) is 0 Å². The molecule has 7 nitrogen and oxygen atoms in total. The van der Waals surface area contributed by atoms with Crippen LogP contribution in [0, 0.1) is 20.8 Å². The van der Waals surface area contributed by atoms with Crippen molar-refractivity contribution in [1.29, 1.82) is 0 Å². The van der Waals surface area contributed by atoms with Crippen LogP contribution < -0.4 is 10.9 Å². The fourth-order valence-corrected chi connectivity index (χ4v) is 5.54. The number of nitrogens with zero attached hydrogens (tertiary/aromatic N) is 2. The molecule has 0 aliphatic heterocycles. The lowest BCUT2D eigenvalue weighted by Crippen LogP contribution is -2.25. The number of amides is 1. The molecule has 8 heteroatoms. The zero-order valence-electron chi connectivity index (χ0n) is 18.6. The molecule has 0 spiro atoms. The summed E-state index contributed by atoms with van der Waals surface area (Å²) >= 11 is 1.60. The van der Waals surface area contributed by atoms with Crippen molar-refractivity contribution >= 4 is 39.1 Å². The van der Waals surface area contributed by atoms with Gasteiger partial charge in [-0.25, -0.2) is 4.98 Å². The summed E-state index contributed by atoms with van der Waals surface area (Å²) in [5, 5.41) is 3.51. The standard InChI is InChI=1S/C24H27N3O4S/c1-14-10-15(2)22(16(3)11-14)26-19(28)12-31-20(29)8-9-27-13-25-23-21(24(27)30)17-6-4-5-7-18(17)32-23/h10-11,13H,4-9,12H2,1-3H3,(H,26,28). The predicted molar refractivity (Wildman–Crippen MR) is 125 cm³/mol. The van der Waals surface area contributed by atoms with Crippen LogP contribution in [0.4, 0.5) is 5.69 Å². The zero-order chi connectivity index (χ0) is 22.8. The van der Waals surface area contributed by atoms with E-state index in [1.54, 1.807) is 11.3 Å². The summed E-state index contributed by atoms with van der Waals surface area (Å²) in [4.78, 5) is 43.8. The minimum Gasteiger partial charge on any atom is -0.456 e. The first-order valence-corrected chi connectivity index (χ1v) is 11.7. The van der Waals surface area contributed by atoms with E-state index in [2.05, 4.69) is 10.3 Å². The molecule has 32 heavy (non-hydrogen) atoms. The summed E-state index contributed by atoms with van der Waals surface area (Å²) in [6, 6.07) is 3.98. The molecule has 1 aliphatic rings. The number of aromatic nitrogens is 2. The van der Waals surface area contributed by atoms with Crippen LogP contribution in [0.2, 0.25) is 0 Å². The highest BCUT2D eigenvalue weighted by Crippen LogP contribution is 2.33. The van der Waals surface area contributed by atoms with Gasteiger partial charge < -0.3 is 10.1 Å². The predicted octanol–water partition coefficient (Wildman–Crippen LogP) is 3.83. The van der Waals surface area contributed by atoms with Crippen molar-refractivity contribution in [3.63, 3.8) is 0 Å². The lowest BCUT2D eigenvalue weighted by molar-refractivity contribution is -0.147. The van der Waals surface area contributed by atoms with Crippen LogP contribution in [-0.4, -0.2) is 28.0 Å². The fraction of sp³-hybridized carbons (Fsp3) is 0.417. The SMILES string of the molecule is Cc1cc(C)c(NC(=O)COC(=O)CCn2cnc3sc4c(c3c2=O)CCCC4)c(C)c1. The third-order valence-electron chi connectivity index (χ3n) is 5.80. The zero-order valence-corrected chi connectivity index (χ0v) is 19.4. The van der Waals surface area contributed by atoms with Gasteiger partial charge >= 0.3 is 5.97 Å². The van der Waals surface area contributed by atoms with Gasteiger partial charge in [-0.2, -0.15) is 0 Å². The normalized spacial score (nSPS) is 13.1. The topological polar surface area (TPSA) is 90.3 Å². The van der Waals surface area contributed by atoms with E-state index >= 15 is 0 Å². The number of hydrogen-bond donors (Lipinski definition) is 1. The van der Waals surface area contributed by atoms with Gasteiger partial charge in [-0.15, -0.1) is 11.3 Å². The van der Waals surface area contributed by atoms with E-state index in [-0.39, 0.29) is 25.1 Å². The number of thiophene rings is 1. The van der Waals surface area contributed by atoms with Crippen molar-refractivity contribution in [1.82, 2.24) is 9.55 Å². The second kappa shape index (κ2) is 9.24. The Balaban J connectivity index is 1.34. The molecule has 1 aliphatic carbocycles. The lowest BCUT2D eigenvalue weighted by atomic mass is 9.97. The molecule has 168 valence electrons. The molecule has 3 aromatic rings. The van der Waals surface area contributed by atoms with Gasteiger partial charge in [-0.3, -0.25) is 19.0 Å². The molecule has 0 bridgehead atoms. The lowest BCUT2D eigenvalue weighted by Gasteiger charge is -2.13. The van der Waals surface area contributed by atoms with E-state index in [0.717, 1.165) is 58.5 Å². The van der Waals surface area contributed by atoms with E-state index in [1.807, 2.05) is 32.9 Å². The van der Waals surface area contributed by atoms with E-state index in [4.69, 9.17) is 4.74 Å². The molecule has 0 radical (unpaired) electrons. The van der Waals surface area contributed by atoms with Gasteiger partial charge in [0.15, 0.2) is 6.61 Å². The Kier molecular flexibility index (Phi) is 6.41. The Morgan fingerprint density at radius 2 is 1.88 bits per heavy atom. The monoisotopic (exact) mass is 453 g/mol. The summed E-state index contributed by atoms with van der Waals surface area (Å²) in [6.07, 6.45) is 5.64. The number of carbonyl (C=O) groups excluding carboxylic acids is 2. The second-order valence-corrected chi connectivity index (χ2v) is 9.45. The molecular weight excluding hydrogens is 426 g/mol. The Hall–Kier alpha value is -3.00. The van der Waals surface area contributed by atoms with Crippen LogP contribution in [0.3, 0.4) is 0 Å². The summed E-state index contributed by atoms with van der Waals surface area (Å²) < 4.78 is 6.58.